The van der Waals surface area contributed by atoms with E-state index in [4.69, 9.17) is 10.2 Å². The first-order chi connectivity index (χ1) is 10.6. The molecule has 0 spiro atoms. The molecule has 1 aliphatic carbocycles. The smallest absolute Gasteiger partial charge is 0.226 e. The second-order valence-electron chi connectivity index (χ2n) is 5.84. The molecule has 1 saturated carbocycles. The molecule has 1 aromatic heterocycles. The van der Waals surface area contributed by atoms with E-state index in [1.54, 1.807) is 6.26 Å². The van der Waals surface area contributed by atoms with Gasteiger partial charge in [-0.2, -0.15) is 0 Å². The lowest BCUT2D eigenvalue weighted by Crippen LogP contribution is -2.35. The fourth-order valence-electron chi connectivity index (χ4n) is 2.30. The molecule has 1 heterocycles. The van der Waals surface area contributed by atoms with Crippen molar-refractivity contribution >= 4 is 29.9 Å². The minimum absolute atomic E-state index is 0. The van der Waals surface area contributed by atoms with Gasteiger partial charge >= 0.3 is 0 Å². The number of oxazole rings is 1. The highest BCUT2D eigenvalue weighted by Crippen LogP contribution is 2.24. The number of halogens is 1. The molecule has 1 aliphatic rings. The third-order valence-electron chi connectivity index (χ3n) is 3.95. The van der Waals surface area contributed by atoms with E-state index in [1.165, 1.54) is 18.4 Å². The van der Waals surface area contributed by atoms with Crippen LogP contribution in [0, 0.1) is 6.92 Å². The normalized spacial score (nSPS) is 14.4. The number of benzene rings is 1. The molecular formula is C17H23IN4O. The first kappa shape index (κ1) is 17.8. The quantitative estimate of drug-likeness (QED) is 0.453. The van der Waals surface area contributed by atoms with Gasteiger partial charge in [-0.15, -0.1) is 24.0 Å². The molecule has 0 bridgehead atoms. The van der Waals surface area contributed by atoms with Gasteiger partial charge in [0.1, 0.15) is 6.26 Å². The lowest BCUT2D eigenvalue weighted by atomic mass is 10.1. The van der Waals surface area contributed by atoms with Crippen LogP contribution in [0.5, 0.6) is 0 Å². The molecule has 0 amide bonds. The highest BCUT2D eigenvalue weighted by atomic mass is 127. The largest absolute Gasteiger partial charge is 0.444 e. The van der Waals surface area contributed by atoms with Gasteiger partial charge in [-0.05, 0) is 31.9 Å². The molecule has 2 aromatic rings. The topological polar surface area (TPSA) is 67.7 Å². The van der Waals surface area contributed by atoms with Crippen molar-refractivity contribution in [1.29, 1.82) is 0 Å². The molecule has 0 radical (unpaired) electrons. The van der Waals surface area contributed by atoms with Gasteiger partial charge in [-0.25, -0.2) is 4.98 Å². The molecule has 0 aliphatic heterocycles. The number of rotatable bonds is 5. The summed E-state index contributed by atoms with van der Waals surface area (Å²) in [5, 5.41) is 0. The molecule has 1 fully saturated rings. The maximum Gasteiger partial charge on any atom is 0.226 e. The third-order valence-corrected chi connectivity index (χ3v) is 3.95. The van der Waals surface area contributed by atoms with E-state index >= 15 is 0 Å². The lowest BCUT2D eigenvalue weighted by Gasteiger charge is -2.16. The van der Waals surface area contributed by atoms with Crippen LogP contribution in [-0.4, -0.2) is 35.5 Å². The minimum atomic E-state index is 0. The van der Waals surface area contributed by atoms with Crippen molar-refractivity contribution in [3.63, 3.8) is 0 Å². The van der Waals surface area contributed by atoms with E-state index in [-0.39, 0.29) is 24.0 Å². The zero-order chi connectivity index (χ0) is 15.5. The Hall–Kier alpha value is -1.57. The second kappa shape index (κ2) is 7.81. The van der Waals surface area contributed by atoms with Crippen LogP contribution in [0.2, 0.25) is 0 Å². The van der Waals surface area contributed by atoms with Gasteiger partial charge in [0.25, 0.3) is 0 Å². The van der Waals surface area contributed by atoms with Gasteiger partial charge < -0.3 is 15.1 Å². The van der Waals surface area contributed by atoms with Gasteiger partial charge in [0.2, 0.25) is 5.89 Å². The Labute approximate surface area is 154 Å². The summed E-state index contributed by atoms with van der Waals surface area (Å²) in [4.78, 5) is 11.0. The van der Waals surface area contributed by atoms with Crippen LogP contribution in [0.4, 0.5) is 0 Å². The van der Waals surface area contributed by atoms with Crippen molar-refractivity contribution in [2.75, 3.05) is 13.6 Å². The Morgan fingerprint density at radius 2 is 2.04 bits per heavy atom. The summed E-state index contributed by atoms with van der Waals surface area (Å²) in [6.07, 6.45) is 4.87. The van der Waals surface area contributed by atoms with Crippen LogP contribution >= 0.6 is 24.0 Å². The monoisotopic (exact) mass is 426 g/mol. The van der Waals surface area contributed by atoms with Crippen LogP contribution in [0.3, 0.4) is 0 Å². The van der Waals surface area contributed by atoms with Crippen molar-refractivity contribution < 1.29 is 4.42 Å². The average Bonchev–Trinajstić information content (AvgIpc) is 3.26. The molecule has 23 heavy (non-hydrogen) atoms. The molecule has 3 rings (SSSR count). The molecule has 124 valence electrons. The van der Waals surface area contributed by atoms with E-state index < -0.39 is 0 Å². The van der Waals surface area contributed by atoms with E-state index in [0.29, 0.717) is 24.4 Å². The number of nitrogens with zero attached hydrogens (tertiary/aromatic N) is 3. The third kappa shape index (κ3) is 4.70. The maximum absolute atomic E-state index is 5.96. The first-order valence-corrected chi connectivity index (χ1v) is 7.67. The van der Waals surface area contributed by atoms with Crippen molar-refractivity contribution in [1.82, 2.24) is 9.88 Å². The average molecular weight is 426 g/mol. The fraction of sp³-hybridized carbons (Fsp3) is 0.412. The van der Waals surface area contributed by atoms with Crippen molar-refractivity contribution in [3.05, 3.63) is 41.8 Å². The van der Waals surface area contributed by atoms with Crippen LogP contribution in [0.15, 0.2) is 39.9 Å². The number of aryl methyl sites for hydroxylation is 1. The predicted octanol–water partition coefficient (Wildman–Crippen LogP) is 3.22. The fourth-order valence-corrected chi connectivity index (χ4v) is 2.30. The standard InChI is InChI=1S/C17H22N4O.HI/c1-12-3-5-13(6-4-12)16-20-14(11-22-16)9-10-19-17(18)21(2)15-7-8-15;/h3-6,11,15H,7-10H2,1-2H3,(H2,18,19);1H. The first-order valence-electron chi connectivity index (χ1n) is 7.67. The number of nitrogens with two attached hydrogens (primary N) is 1. The highest BCUT2D eigenvalue weighted by molar-refractivity contribution is 14.0. The molecule has 0 atom stereocenters. The van der Waals surface area contributed by atoms with Crippen molar-refractivity contribution in [2.24, 2.45) is 10.7 Å². The summed E-state index contributed by atoms with van der Waals surface area (Å²) in [5.41, 5.74) is 9.08. The zero-order valence-corrected chi connectivity index (χ0v) is 15.9. The van der Waals surface area contributed by atoms with Gasteiger partial charge in [0, 0.05) is 31.6 Å². The molecule has 0 unspecified atom stereocenters. The number of aromatic nitrogens is 1. The Bertz CT molecular complexity index is 661. The minimum Gasteiger partial charge on any atom is -0.444 e. The maximum atomic E-state index is 5.96. The summed E-state index contributed by atoms with van der Waals surface area (Å²) in [7, 11) is 2.00. The van der Waals surface area contributed by atoms with Crippen LogP contribution in [0.25, 0.3) is 11.5 Å². The van der Waals surface area contributed by atoms with Gasteiger partial charge in [-0.3, -0.25) is 4.99 Å². The highest BCUT2D eigenvalue weighted by Gasteiger charge is 2.27. The summed E-state index contributed by atoms with van der Waals surface area (Å²) < 4.78 is 5.54. The second-order valence-corrected chi connectivity index (χ2v) is 5.84. The van der Waals surface area contributed by atoms with E-state index in [9.17, 15) is 0 Å². The zero-order valence-electron chi connectivity index (χ0n) is 13.5. The summed E-state index contributed by atoms with van der Waals surface area (Å²) >= 11 is 0. The molecule has 1 aromatic carbocycles. The Morgan fingerprint density at radius 1 is 1.35 bits per heavy atom. The summed E-state index contributed by atoms with van der Waals surface area (Å²) in [5.74, 6) is 1.27. The molecule has 6 heteroatoms. The Morgan fingerprint density at radius 3 is 2.70 bits per heavy atom. The van der Waals surface area contributed by atoms with E-state index in [1.807, 2.05) is 19.2 Å². The van der Waals surface area contributed by atoms with Gasteiger partial charge in [-0.1, -0.05) is 17.7 Å². The summed E-state index contributed by atoms with van der Waals surface area (Å²) in [6, 6.07) is 8.73. The SMILES string of the molecule is Cc1ccc(-c2nc(CCN=C(N)N(C)C3CC3)co2)cc1.I. The molecule has 0 saturated heterocycles. The van der Waals surface area contributed by atoms with E-state index in [2.05, 4.69) is 33.9 Å². The van der Waals surface area contributed by atoms with Gasteiger partial charge in [0.15, 0.2) is 5.96 Å². The Kier molecular flexibility index (Phi) is 6.04. The van der Waals surface area contributed by atoms with Gasteiger partial charge in [0.05, 0.1) is 5.69 Å². The van der Waals surface area contributed by atoms with Crippen LogP contribution < -0.4 is 5.73 Å². The summed E-state index contributed by atoms with van der Waals surface area (Å²) in [6.45, 7) is 2.69. The van der Waals surface area contributed by atoms with Crippen molar-refractivity contribution in [3.8, 4) is 11.5 Å². The Balaban J connectivity index is 0.00000192. The van der Waals surface area contributed by atoms with Crippen LogP contribution in [0.1, 0.15) is 24.1 Å². The number of aliphatic imine (C=N–C) groups is 1. The number of hydrogen-bond acceptors (Lipinski definition) is 3. The van der Waals surface area contributed by atoms with Crippen molar-refractivity contribution in [2.45, 2.75) is 32.2 Å². The van der Waals surface area contributed by atoms with E-state index in [0.717, 1.165) is 17.7 Å². The predicted molar refractivity (Wildman–Crippen MR) is 103 cm³/mol. The lowest BCUT2D eigenvalue weighted by molar-refractivity contribution is 0.487. The number of guanidine groups is 1. The molecule has 5 nitrogen and oxygen atoms in total. The molecular weight excluding hydrogens is 403 g/mol. The van der Waals surface area contributed by atoms with Crippen LogP contribution in [-0.2, 0) is 6.42 Å². The molecule has 2 N–H and O–H groups in total. The number of hydrogen-bond donors (Lipinski definition) is 1.